The van der Waals surface area contributed by atoms with Gasteiger partial charge in [-0.3, -0.25) is 9.48 Å². The molecule has 2 aromatic rings. The fourth-order valence-corrected chi connectivity index (χ4v) is 1.94. The van der Waals surface area contributed by atoms with Gasteiger partial charge in [-0.2, -0.15) is 10.4 Å². The van der Waals surface area contributed by atoms with E-state index in [4.69, 9.17) is 5.26 Å². The minimum absolute atomic E-state index is 0.165. The molecule has 5 nitrogen and oxygen atoms in total. The van der Waals surface area contributed by atoms with Crippen molar-refractivity contribution < 1.29 is 4.79 Å². The number of hydrogen-bond acceptors (Lipinski definition) is 3. The Hall–Kier alpha value is -2.61. The standard InChI is InChI=1S/C15H16N4O/c1-3-13-8-14(19(2)18-13)15(20)17-10-12-6-4-5-11(7-12)9-16/h4-8H,3,10H2,1-2H3,(H,17,20). The smallest absolute Gasteiger partial charge is 0.269 e. The number of nitrogens with one attached hydrogen (secondary N) is 1. The van der Waals surface area contributed by atoms with Crippen LogP contribution in [0.1, 0.15) is 34.2 Å². The van der Waals surface area contributed by atoms with Crippen molar-refractivity contribution >= 4 is 5.91 Å². The Bertz CT molecular complexity index is 667. The van der Waals surface area contributed by atoms with Gasteiger partial charge >= 0.3 is 0 Å². The maximum absolute atomic E-state index is 12.1. The van der Waals surface area contributed by atoms with Crippen LogP contribution in [0.25, 0.3) is 0 Å². The van der Waals surface area contributed by atoms with Crippen molar-refractivity contribution in [1.29, 1.82) is 5.26 Å². The van der Waals surface area contributed by atoms with Gasteiger partial charge in [-0.25, -0.2) is 0 Å². The number of aryl methyl sites for hydroxylation is 2. The summed E-state index contributed by atoms with van der Waals surface area (Å²) in [6.07, 6.45) is 0.797. The Labute approximate surface area is 117 Å². The number of benzene rings is 1. The van der Waals surface area contributed by atoms with Crippen LogP contribution in [-0.4, -0.2) is 15.7 Å². The quantitative estimate of drug-likeness (QED) is 0.918. The van der Waals surface area contributed by atoms with Crippen LogP contribution in [0.15, 0.2) is 30.3 Å². The molecule has 0 radical (unpaired) electrons. The number of rotatable bonds is 4. The van der Waals surface area contributed by atoms with Gasteiger partial charge in [-0.1, -0.05) is 19.1 Å². The third kappa shape index (κ3) is 3.04. The Morgan fingerprint density at radius 3 is 2.90 bits per heavy atom. The average Bonchev–Trinajstić information content (AvgIpc) is 2.86. The number of aromatic nitrogens is 2. The lowest BCUT2D eigenvalue weighted by atomic mass is 10.1. The van der Waals surface area contributed by atoms with Crippen LogP contribution in [0.4, 0.5) is 0 Å². The fraction of sp³-hybridized carbons (Fsp3) is 0.267. The number of amides is 1. The van der Waals surface area contributed by atoms with Gasteiger partial charge in [-0.05, 0) is 30.2 Å². The summed E-state index contributed by atoms with van der Waals surface area (Å²) in [5.74, 6) is -0.165. The lowest BCUT2D eigenvalue weighted by Crippen LogP contribution is -2.25. The molecule has 1 aromatic heterocycles. The highest BCUT2D eigenvalue weighted by Gasteiger charge is 2.12. The number of hydrogen-bond donors (Lipinski definition) is 1. The molecule has 0 bridgehead atoms. The zero-order chi connectivity index (χ0) is 14.5. The van der Waals surface area contributed by atoms with E-state index < -0.39 is 0 Å². The maximum Gasteiger partial charge on any atom is 0.269 e. The number of nitrogens with zero attached hydrogens (tertiary/aromatic N) is 3. The van der Waals surface area contributed by atoms with Crippen molar-refractivity contribution in [3.63, 3.8) is 0 Å². The van der Waals surface area contributed by atoms with E-state index in [-0.39, 0.29) is 5.91 Å². The Balaban J connectivity index is 2.04. The largest absolute Gasteiger partial charge is 0.347 e. The first-order valence-corrected chi connectivity index (χ1v) is 6.44. The van der Waals surface area contributed by atoms with E-state index >= 15 is 0 Å². The predicted octanol–water partition coefficient (Wildman–Crippen LogP) is 1.78. The molecule has 0 fully saturated rings. The van der Waals surface area contributed by atoms with Gasteiger partial charge < -0.3 is 5.32 Å². The van der Waals surface area contributed by atoms with Crippen LogP contribution >= 0.6 is 0 Å². The van der Waals surface area contributed by atoms with Crippen LogP contribution in [0.5, 0.6) is 0 Å². The van der Waals surface area contributed by atoms with Crippen LogP contribution in [0, 0.1) is 11.3 Å². The highest BCUT2D eigenvalue weighted by Crippen LogP contribution is 2.06. The lowest BCUT2D eigenvalue weighted by Gasteiger charge is -2.05. The topological polar surface area (TPSA) is 70.7 Å². The van der Waals surface area contributed by atoms with E-state index in [9.17, 15) is 4.79 Å². The van der Waals surface area contributed by atoms with Gasteiger partial charge in [0.1, 0.15) is 5.69 Å². The fourth-order valence-electron chi connectivity index (χ4n) is 1.94. The van der Waals surface area contributed by atoms with Crippen LogP contribution < -0.4 is 5.32 Å². The summed E-state index contributed by atoms with van der Waals surface area (Å²) in [5, 5.41) is 15.9. The van der Waals surface area contributed by atoms with E-state index in [0.717, 1.165) is 17.7 Å². The molecule has 0 aliphatic rings. The first-order chi connectivity index (χ1) is 9.63. The number of carbonyl (C=O) groups is 1. The van der Waals surface area contributed by atoms with E-state index in [1.165, 1.54) is 0 Å². The summed E-state index contributed by atoms with van der Waals surface area (Å²) in [4.78, 5) is 12.1. The molecular formula is C15H16N4O. The third-order valence-electron chi connectivity index (χ3n) is 3.03. The second-order valence-electron chi connectivity index (χ2n) is 4.49. The third-order valence-corrected chi connectivity index (χ3v) is 3.03. The molecule has 0 unspecified atom stereocenters. The summed E-state index contributed by atoms with van der Waals surface area (Å²) in [7, 11) is 1.75. The van der Waals surface area contributed by atoms with Crippen molar-refractivity contribution in [3.05, 3.63) is 52.8 Å². The molecule has 0 aliphatic heterocycles. The van der Waals surface area contributed by atoms with Crippen LogP contribution in [-0.2, 0) is 20.0 Å². The first-order valence-electron chi connectivity index (χ1n) is 6.44. The van der Waals surface area contributed by atoms with Gasteiger partial charge in [0.25, 0.3) is 5.91 Å². The summed E-state index contributed by atoms with van der Waals surface area (Å²) >= 11 is 0. The van der Waals surface area contributed by atoms with Crippen molar-refractivity contribution in [2.45, 2.75) is 19.9 Å². The zero-order valence-electron chi connectivity index (χ0n) is 11.6. The van der Waals surface area contributed by atoms with E-state index in [2.05, 4.69) is 16.5 Å². The van der Waals surface area contributed by atoms with E-state index in [1.807, 2.05) is 13.0 Å². The summed E-state index contributed by atoms with van der Waals surface area (Å²) in [6, 6.07) is 11.1. The van der Waals surface area contributed by atoms with Crippen molar-refractivity contribution in [1.82, 2.24) is 15.1 Å². The van der Waals surface area contributed by atoms with Crippen LogP contribution in [0.2, 0.25) is 0 Å². The van der Waals surface area contributed by atoms with Gasteiger partial charge in [0.15, 0.2) is 0 Å². The molecule has 2 rings (SSSR count). The van der Waals surface area contributed by atoms with Gasteiger partial charge in [-0.15, -0.1) is 0 Å². The summed E-state index contributed by atoms with van der Waals surface area (Å²) in [5.41, 5.74) is 2.92. The monoisotopic (exact) mass is 268 g/mol. The molecule has 102 valence electrons. The molecule has 1 heterocycles. The number of carbonyl (C=O) groups excluding carboxylic acids is 1. The minimum atomic E-state index is -0.165. The first kappa shape index (κ1) is 13.8. The Morgan fingerprint density at radius 2 is 2.25 bits per heavy atom. The molecule has 0 saturated heterocycles. The second kappa shape index (κ2) is 6.02. The minimum Gasteiger partial charge on any atom is -0.347 e. The maximum atomic E-state index is 12.1. The molecule has 0 saturated carbocycles. The molecule has 1 amide bonds. The van der Waals surface area contributed by atoms with E-state index in [1.54, 1.807) is 36.0 Å². The number of nitriles is 1. The molecular weight excluding hydrogens is 252 g/mol. The predicted molar refractivity (Wildman–Crippen MR) is 74.9 cm³/mol. The van der Waals surface area contributed by atoms with Gasteiger partial charge in [0.2, 0.25) is 0 Å². The van der Waals surface area contributed by atoms with Crippen LogP contribution in [0.3, 0.4) is 0 Å². The second-order valence-corrected chi connectivity index (χ2v) is 4.49. The van der Waals surface area contributed by atoms with Crippen molar-refractivity contribution in [3.8, 4) is 6.07 Å². The van der Waals surface area contributed by atoms with Gasteiger partial charge in [0.05, 0.1) is 17.3 Å². The average molecular weight is 268 g/mol. The molecule has 0 spiro atoms. The molecule has 0 aliphatic carbocycles. The Kier molecular flexibility index (Phi) is 4.16. The highest BCUT2D eigenvalue weighted by molar-refractivity contribution is 5.92. The van der Waals surface area contributed by atoms with Gasteiger partial charge in [0, 0.05) is 13.6 Å². The van der Waals surface area contributed by atoms with Crippen molar-refractivity contribution in [2.75, 3.05) is 0 Å². The normalized spacial score (nSPS) is 10.1. The molecule has 0 atom stereocenters. The SMILES string of the molecule is CCc1cc(C(=O)NCc2cccc(C#N)c2)n(C)n1. The highest BCUT2D eigenvalue weighted by atomic mass is 16.2. The molecule has 1 N–H and O–H groups in total. The van der Waals surface area contributed by atoms with E-state index in [0.29, 0.717) is 17.8 Å². The van der Waals surface area contributed by atoms with Crippen molar-refractivity contribution in [2.24, 2.45) is 7.05 Å². The summed E-state index contributed by atoms with van der Waals surface area (Å²) < 4.78 is 1.58. The molecule has 5 heteroatoms. The summed E-state index contributed by atoms with van der Waals surface area (Å²) in [6.45, 7) is 2.39. The molecule has 1 aromatic carbocycles. The molecule has 20 heavy (non-hydrogen) atoms. The lowest BCUT2D eigenvalue weighted by molar-refractivity contribution is 0.0941. The Morgan fingerprint density at radius 1 is 1.45 bits per heavy atom. The zero-order valence-corrected chi connectivity index (χ0v) is 11.6.